The van der Waals surface area contributed by atoms with Gasteiger partial charge < -0.3 is 34.2 Å². The Bertz CT molecular complexity index is 2240. The zero-order valence-electron chi connectivity index (χ0n) is 35.2. The molecule has 0 saturated carbocycles. The first-order valence-corrected chi connectivity index (χ1v) is 21.0. The van der Waals surface area contributed by atoms with Crippen molar-refractivity contribution in [2.24, 2.45) is 11.0 Å². The number of nitrogens with zero attached hydrogens (tertiary/aromatic N) is 6. The molecule has 3 atom stereocenters. The van der Waals surface area contributed by atoms with Crippen LogP contribution in [0.15, 0.2) is 65.8 Å². The van der Waals surface area contributed by atoms with Crippen molar-refractivity contribution >= 4 is 75.8 Å². The Kier molecular flexibility index (Phi) is 12.7. The summed E-state index contributed by atoms with van der Waals surface area (Å²) in [7, 11) is 0. The van der Waals surface area contributed by atoms with Crippen molar-refractivity contribution in [3.05, 3.63) is 77.6 Å². The van der Waals surface area contributed by atoms with Crippen molar-refractivity contribution in [3.8, 4) is 0 Å². The average Bonchev–Trinajstić information content (AvgIpc) is 3.81. The van der Waals surface area contributed by atoms with Crippen LogP contribution in [0, 0.1) is 0 Å². The Balaban J connectivity index is 1.30. The SMILES string of the molecule is CC(C)(C)OC(=O)Nc1nc(/C(=N/OC(C)(C)C(=O)OC(C)(C)C)C(=O)N[C@@H]2C(=O)N3C[C@@](C(=O)OC(c4ccccc4)c4ccccc4)(N4CCN(N)C(=O)C4=O)S[C@H]23)ns1. The summed E-state index contributed by atoms with van der Waals surface area (Å²) in [6, 6.07) is 16.5. The molecule has 5 amide bonds. The zero-order valence-corrected chi connectivity index (χ0v) is 36.8. The minimum atomic E-state index is -1.97. The molecule has 20 nitrogen and oxygen atoms in total. The van der Waals surface area contributed by atoms with Gasteiger partial charge in [0.25, 0.3) is 5.91 Å². The third-order valence-corrected chi connectivity index (χ3v) is 11.6. The molecule has 3 aromatic rings. The molecule has 0 radical (unpaired) electrons. The number of fused-ring (bicyclic) bond motifs is 1. The monoisotopic (exact) mass is 893 g/mol. The number of amides is 5. The normalized spacial score (nSPS) is 20.6. The first kappa shape index (κ1) is 45.4. The Morgan fingerprint density at radius 1 is 0.871 bits per heavy atom. The molecule has 22 heteroatoms. The molecule has 0 aliphatic carbocycles. The molecule has 0 unspecified atom stereocenters. The third kappa shape index (κ3) is 9.81. The van der Waals surface area contributed by atoms with Gasteiger partial charge in [-0.25, -0.2) is 20.2 Å². The van der Waals surface area contributed by atoms with Crippen molar-refractivity contribution in [2.45, 2.75) is 94.6 Å². The number of nitrogens with two attached hydrogens (primary N) is 1. The number of thioether (sulfide) groups is 1. The van der Waals surface area contributed by atoms with Crippen molar-refractivity contribution in [1.82, 2.24) is 29.5 Å². The maximum atomic E-state index is 14.7. The number of carbonyl (C=O) groups is 7. The van der Waals surface area contributed by atoms with Gasteiger partial charge in [-0.15, -0.1) is 0 Å². The number of rotatable bonds is 12. The lowest BCUT2D eigenvalue weighted by molar-refractivity contribution is -0.179. The van der Waals surface area contributed by atoms with Crippen molar-refractivity contribution in [2.75, 3.05) is 25.0 Å². The lowest BCUT2D eigenvalue weighted by Crippen LogP contribution is -2.69. The van der Waals surface area contributed by atoms with Crippen molar-refractivity contribution in [3.63, 3.8) is 0 Å². The van der Waals surface area contributed by atoms with E-state index in [9.17, 15) is 33.6 Å². The number of carbonyl (C=O) groups excluding carboxylic acids is 7. The van der Waals surface area contributed by atoms with Gasteiger partial charge >= 0.3 is 29.8 Å². The summed E-state index contributed by atoms with van der Waals surface area (Å²) in [6.07, 6.45) is -1.80. The lowest BCUT2D eigenvalue weighted by atomic mass is 10.0. The first-order chi connectivity index (χ1) is 29.0. The van der Waals surface area contributed by atoms with E-state index >= 15 is 0 Å². The van der Waals surface area contributed by atoms with Crippen molar-refractivity contribution < 1.29 is 52.6 Å². The molecular formula is C40H47N9O11S2. The molecule has 3 saturated heterocycles. The van der Waals surface area contributed by atoms with E-state index in [1.807, 2.05) is 0 Å². The number of anilines is 1. The van der Waals surface area contributed by atoms with Gasteiger partial charge in [0.1, 0.15) is 22.6 Å². The molecule has 62 heavy (non-hydrogen) atoms. The Morgan fingerprint density at radius 3 is 2.05 bits per heavy atom. The lowest BCUT2D eigenvalue weighted by Gasteiger charge is -2.41. The van der Waals surface area contributed by atoms with Crippen LogP contribution >= 0.6 is 23.3 Å². The molecule has 0 bridgehead atoms. The molecule has 2 aromatic carbocycles. The van der Waals surface area contributed by atoms with E-state index in [0.29, 0.717) is 22.7 Å². The molecule has 6 rings (SSSR count). The smallest absolute Gasteiger partial charge is 0.414 e. The topological polar surface area (TPSA) is 254 Å². The standard InChI is InChI=1S/C40H47N9O11S2/c1-37(2,3)58-33(54)39(7,8)60-45-24(27-43-35(62-46-27)44-36(56)59-38(4,5)6)28(50)42-25-29(51)47-21-40(61-32(25)47,48-19-20-49(41)31(53)30(48)52)34(55)57-26(22-15-11-9-12-16-22)23-17-13-10-14-18-23/h9-18,25-26,32H,19-21,41H2,1-8H3,(H,42,50)(H,43,44,46,56)/b45-24-/t25-,32-,40-/m1/s1. The molecule has 4 N–H and O–H groups in total. The highest BCUT2D eigenvalue weighted by Gasteiger charge is 2.67. The molecule has 3 aliphatic rings. The number of hydrazine groups is 1. The Labute approximate surface area is 364 Å². The third-order valence-electron chi connectivity index (χ3n) is 9.28. The second-order valence-electron chi connectivity index (χ2n) is 16.9. The average molecular weight is 894 g/mol. The number of piperazine rings is 1. The van der Waals surface area contributed by atoms with Gasteiger partial charge in [0.05, 0.1) is 13.1 Å². The number of ether oxygens (including phenoxy) is 3. The second kappa shape index (κ2) is 17.3. The summed E-state index contributed by atoms with van der Waals surface area (Å²) in [5.74, 6) is -0.130. The van der Waals surface area contributed by atoms with Gasteiger partial charge in [-0.1, -0.05) is 77.6 Å². The van der Waals surface area contributed by atoms with Gasteiger partial charge in [0.15, 0.2) is 6.10 Å². The summed E-state index contributed by atoms with van der Waals surface area (Å²) < 4.78 is 21.1. The van der Waals surface area contributed by atoms with Gasteiger partial charge in [-0.05, 0) is 66.5 Å². The highest BCUT2D eigenvalue weighted by atomic mass is 32.2. The van der Waals surface area contributed by atoms with Crippen molar-refractivity contribution in [1.29, 1.82) is 0 Å². The highest BCUT2D eigenvalue weighted by molar-refractivity contribution is 8.02. The largest absolute Gasteiger partial charge is 0.457 e. The minimum Gasteiger partial charge on any atom is -0.457 e. The van der Waals surface area contributed by atoms with Crippen LogP contribution in [0.3, 0.4) is 0 Å². The van der Waals surface area contributed by atoms with Crippen LogP contribution in [0.2, 0.25) is 0 Å². The predicted octanol–water partition coefficient (Wildman–Crippen LogP) is 2.70. The van der Waals surface area contributed by atoms with Gasteiger partial charge in [0.2, 0.25) is 33.0 Å². The highest BCUT2D eigenvalue weighted by Crippen LogP contribution is 2.50. The molecule has 1 aromatic heterocycles. The van der Waals surface area contributed by atoms with E-state index in [4.69, 9.17) is 24.9 Å². The van der Waals surface area contributed by atoms with E-state index in [-0.39, 0.29) is 24.0 Å². The summed E-state index contributed by atoms with van der Waals surface area (Å²) in [5.41, 5.74) is -2.83. The molecule has 3 fully saturated rings. The van der Waals surface area contributed by atoms with E-state index in [1.54, 1.807) is 102 Å². The van der Waals surface area contributed by atoms with Crippen LogP contribution in [-0.2, 0) is 47.8 Å². The molecular weight excluding hydrogens is 847 g/mol. The fraction of sp³-hybridized carbons (Fsp3) is 0.450. The molecule has 330 valence electrons. The quantitative estimate of drug-likeness (QED) is 0.0345. The fourth-order valence-corrected chi connectivity index (χ4v) is 8.57. The molecule has 3 aliphatic heterocycles. The number of hydrogen-bond donors (Lipinski definition) is 3. The Morgan fingerprint density at radius 2 is 1.47 bits per heavy atom. The van der Waals surface area contributed by atoms with E-state index < -0.39 is 93.1 Å². The number of β-lactam (4-membered cyclic amide) rings is 1. The van der Waals surface area contributed by atoms with Crippen LogP contribution in [-0.4, -0.2) is 124 Å². The zero-order chi connectivity index (χ0) is 45.4. The first-order valence-electron chi connectivity index (χ1n) is 19.3. The van der Waals surface area contributed by atoms with Gasteiger partial charge in [-0.2, -0.15) is 9.36 Å². The second-order valence-corrected chi connectivity index (χ2v) is 19.0. The number of hydrogen-bond acceptors (Lipinski definition) is 17. The number of aromatic nitrogens is 2. The van der Waals surface area contributed by atoms with Gasteiger partial charge in [-0.3, -0.25) is 29.5 Å². The number of esters is 2. The number of oxime groups is 1. The van der Waals surface area contributed by atoms with E-state index in [2.05, 4.69) is 25.1 Å². The van der Waals surface area contributed by atoms with Gasteiger partial charge in [0, 0.05) is 18.1 Å². The Hall–Kier alpha value is -6.13. The number of benzene rings is 2. The minimum absolute atomic E-state index is 0.0807. The number of nitrogens with one attached hydrogen (secondary N) is 2. The van der Waals surface area contributed by atoms with Crippen LogP contribution < -0.4 is 16.5 Å². The summed E-state index contributed by atoms with van der Waals surface area (Å²) >= 11 is 1.54. The van der Waals surface area contributed by atoms with Crippen LogP contribution in [0.5, 0.6) is 0 Å². The summed E-state index contributed by atoms with van der Waals surface area (Å²) in [6.45, 7) is 12.0. The molecule has 4 heterocycles. The van der Waals surface area contributed by atoms with E-state index in [1.165, 1.54) is 18.7 Å². The van der Waals surface area contributed by atoms with E-state index in [0.717, 1.165) is 21.7 Å². The molecule has 0 spiro atoms. The summed E-state index contributed by atoms with van der Waals surface area (Å²) in [4.78, 5) is 105. The van der Waals surface area contributed by atoms with Crippen LogP contribution in [0.1, 0.15) is 78.4 Å². The van der Waals surface area contributed by atoms with Crippen LogP contribution in [0.4, 0.5) is 9.93 Å². The predicted molar refractivity (Wildman–Crippen MR) is 223 cm³/mol. The maximum absolute atomic E-state index is 14.7. The maximum Gasteiger partial charge on any atom is 0.414 e. The van der Waals surface area contributed by atoms with Crippen LogP contribution in [0.25, 0.3) is 0 Å². The fourth-order valence-electron chi connectivity index (χ4n) is 6.33. The summed E-state index contributed by atoms with van der Waals surface area (Å²) in [5, 5.41) is 8.69.